The largest absolute Gasteiger partial charge is 0.507 e. The van der Waals surface area contributed by atoms with Gasteiger partial charge in [-0.25, -0.2) is 0 Å². The highest BCUT2D eigenvalue weighted by Gasteiger charge is 2.25. The Kier molecular flexibility index (Phi) is 8.69. The molecule has 6 rings (SSSR count). The molecule has 0 unspecified atom stereocenters. The van der Waals surface area contributed by atoms with Gasteiger partial charge in [0.2, 0.25) is 0 Å². The summed E-state index contributed by atoms with van der Waals surface area (Å²) >= 11 is 0. The van der Waals surface area contributed by atoms with E-state index in [0.29, 0.717) is 81.3 Å². The summed E-state index contributed by atoms with van der Waals surface area (Å²) in [6.07, 6.45) is 1.24. The van der Waals surface area contributed by atoms with Crippen LogP contribution in [-0.4, -0.2) is 25.5 Å². The van der Waals surface area contributed by atoms with E-state index in [1.807, 2.05) is 95.3 Å². The van der Waals surface area contributed by atoms with Gasteiger partial charge in [-0.1, -0.05) is 111 Å². The smallest absolute Gasteiger partial charge is 0.122 e. The first-order valence-corrected chi connectivity index (χ1v) is 17.1. The maximum atomic E-state index is 11.8. The minimum Gasteiger partial charge on any atom is -0.507 e. The molecule has 0 aliphatic heterocycles. The van der Waals surface area contributed by atoms with Gasteiger partial charge in [0.1, 0.15) is 28.7 Å². The molecule has 5 aromatic carbocycles. The molecule has 49 heavy (non-hydrogen) atoms. The molecule has 5 nitrogen and oxygen atoms in total. The number of phenolic OH excluding ortho intramolecular Hbond substituents is 5. The molecule has 0 amide bonds. The Hall–Kier alpha value is -4.90. The molecule has 0 saturated carbocycles. The number of hydrogen-bond donors (Lipinski definition) is 5. The highest BCUT2D eigenvalue weighted by molar-refractivity contribution is 5.59. The Morgan fingerprint density at radius 3 is 0.939 bits per heavy atom. The lowest BCUT2D eigenvalue weighted by Gasteiger charge is -2.24. The average molecular weight is 657 g/mol. The summed E-state index contributed by atoms with van der Waals surface area (Å²) in [6, 6.07) is 19.7. The summed E-state index contributed by atoms with van der Waals surface area (Å²) in [4.78, 5) is 0. The van der Waals surface area contributed by atoms with Crippen LogP contribution in [0.25, 0.3) is 0 Å². The van der Waals surface area contributed by atoms with Crippen LogP contribution < -0.4 is 0 Å². The quantitative estimate of drug-likeness (QED) is 0.114. The topological polar surface area (TPSA) is 101 Å². The first-order valence-electron chi connectivity index (χ1n) is 17.1. The number of phenols is 5. The summed E-state index contributed by atoms with van der Waals surface area (Å²) in [5, 5.41) is 58.7. The average Bonchev–Trinajstić information content (AvgIpc) is 3.01. The van der Waals surface area contributed by atoms with E-state index in [9.17, 15) is 25.5 Å². The molecule has 0 radical (unpaired) electrons. The second-order valence-electron chi connectivity index (χ2n) is 15.4. The van der Waals surface area contributed by atoms with Crippen molar-refractivity contribution in [2.24, 2.45) is 0 Å². The molecule has 0 spiro atoms. The molecule has 0 atom stereocenters. The molecular weight excluding hydrogens is 608 g/mol. The van der Waals surface area contributed by atoms with Gasteiger partial charge in [-0.2, -0.15) is 0 Å². The first kappa shape index (κ1) is 34.0. The van der Waals surface area contributed by atoms with E-state index in [0.717, 1.165) is 27.8 Å². The number of hydrogen-bond acceptors (Lipinski definition) is 5. The number of aromatic hydroxyl groups is 5. The number of rotatable bonds is 0. The van der Waals surface area contributed by atoms with Crippen LogP contribution in [0.2, 0.25) is 0 Å². The third-order valence-corrected chi connectivity index (χ3v) is 10.1. The maximum absolute atomic E-state index is 11.8. The SMILES string of the molecule is Cc1cc2c(O)c(c1)Cc1cc(C)cc(c1O)C(C)c1cc(C)cc(c1O)Cc1cc(C)cc(c1O)Cc1cc(C(C)(C)C)cc(c1O)C2. The van der Waals surface area contributed by atoms with E-state index < -0.39 is 0 Å². The minimum atomic E-state index is -0.337. The molecule has 0 fully saturated rings. The third kappa shape index (κ3) is 6.59. The fraction of sp³-hybridized carbons (Fsp3) is 0.318. The fourth-order valence-electron chi connectivity index (χ4n) is 7.56. The zero-order valence-electron chi connectivity index (χ0n) is 29.9. The van der Waals surface area contributed by atoms with E-state index in [2.05, 4.69) is 20.8 Å². The standard InChI is InChI=1S/C44H48O5/c1-23-9-28-17-32-13-25(3)15-37(42(32)48)27(5)38-16-26(4)14-33(43(38)49)18-29-10-24(2)12-31(40(29)46)20-35-22-36(44(6,7)8)21-34(41(35)47)19-30(11-23)39(28)45/h9-16,21-22,27,45-49H,17-20H2,1-8H3. The number of fused-ring (bicyclic) bond motifs is 10. The van der Waals surface area contributed by atoms with Crippen LogP contribution in [0.5, 0.6) is 28.7 Å². The Labute approximate surface area is 290 Å². The zero-order valence-corrected chi connectivity index (χ0v) is 29.9. The molecule has 254 valence electrons. The van der Waals surface area contributed by atoms with Crippen molar-refractivity contribution >= 4 is 0 Å². The second-order valence-corrected chi connectivity index (χ2v) is 15.4. The van der Waals surface area contributed by atoms with Gasteiger partial charge in [0.05, 0.1) is 0 Å². The van der Waals surface area contributed by atoms with Gasteiger partial charge in [-0.15, -0.1) is 0 Å². The van der Waals surface area contributed by atoms with Gasteiger partial charge in [0.15, 0.2) is 0 Å². The van der Waals surface area contributed by atoms with Gasteiger partial charge in [-0.05, 0) is 83.2 Å². The van der Waals surface area contributed by atoms with E-state index >= 15 is 0 Å². The van der Waals surface area contributed by atoms with E-state index in [-0.39, 0.29) is 40.1 Å². The summed E-state index contributed by atoms with van der Waals surface area (Å²) in [5.74, 6) is 0.357. The molecule has 0 aromatic heterocycles. The van der Waals surface area contributed by atoms with Crippen LogP contribution in [0.3, 0.4) is 0 Å². The van der Waals surface area contributed by atoms with Crippen molar-refractivity contribution in [2.45, 2.75) is 92.4 Å². The van der Waals surface area contributed by atoms with Gasteiger partial charge in [-0.3, -0.25) is 0 Å². The molecule has 5 aromatic rings. The minimum absolute atomic E-state index is 0.138. The Bertz CT molecular complexity index is 1970. The molecule has 0 heterocycles. The lowest BCUT2D eigenvalue weighted by Crippen LogP contribution is -2.13. The van der Waals surface area contributed by atoms with Crippen molar-refractivity contribution in [1.82, 2.24) is 0 Å². The van der Waals surface area contributed by atoms with Gasteiger partial charge >= 0.3 is 0 Å². The van der Waals surface area contributed by atoms with Crippen LogP contribution in [-0.2, 0) is 31.1 Å². The van der Waals surface area contributed by atoms with Crippen LogP contribution in [0.15, 0.2) is 60.7 Å². The van der Waals surface area contributed by atoms with Crippen molar-refractivity contribution in [3.05, 3.63) is 144 Å². The second kappa shape index (κ2) is 12.5. The number of aryl methyl sites for hydroxylation is 4. The Morgan fingerprint density at radius 1 is 0.408 bits per heavy atom. The Balaban J connectivity index is 1.64. The highest BCUT2D eigenvalue weighted by Crippen LogP contribution is 2.43. The molecule has 1 aliphatic rings. The van der Waals surface area contributed by atoms with Crippen molar-refractivity contribution in [3.8, 4) is 28.7 Å². The van der Waals surface area contributed by atoms with Gasteiger partial charge in [0, 0.05) is 42.7 Å². The molecule has 10 bridgehead atoms. The molecular formula is C44H48O5. The van der Waals surface area contributed by atoms with Crippen LogP contribution in [0, 0.1) is 27.7 Å². The molecule has 1 aliphatic carbocycles. The van der Waals surface area contributed by atoms with Gasteiger partial charge in [0.25, 0.3) is 0 Å². The number of benzene rings is 5. The fourth-order valence-corrected chi connectivity index (χ4v) is 7.56. The van der Waals surface area contributed by atoms with E-state index in [1.165, 1.54) is 0 Å². The van der Waals surface area contributed by atoms with Crippen molar-refractivity contribution in [1.29, 1.82) is 0 Å². The summed E-state index contributed by atoms with van der Waals surface area (Å²) < 4.78 is 0. The summed E-state index contributed by atoms with van der Waals surface area (Å²) in [7, 11) is 0. The summed E-state index contributed by atoms with van der Waals surface area (Å²) in [5.41, 5.74) is 11.6. The lowest BCUT2D eigenvalue weighted by atomic mass is 9.82. The predicted molar refractivity (Wildman–Crippen MR) is 197 cm³/mol. The summed E-state index contributed by atoms with van der Waals surface area (Å²) in [6.45, 7) is 16.3. The normalized spacial score (nSPS) is 13.7. The van der Waals surface area contributed by atoms with Crippen LogP contribution in [0.1, 0.15) is 117 Å². The van der Waals surface area contributed by atoms with Crippen molar-refractivity contribution in [2.75, 3.05) is 0 Å². The van der Waals surface area contributed by atoms with Gasteiger partial charge < -0.3 is 25.5 Å². The van der Waals surface area contributed by atoms with Crippen molar-refractivity contribution in [3.63, 3.8) is 0 Å². The monoisotopic (exact) mass is 656 g/mol. The van der Waals surface area contributed by atoms with E-state index in [1.54, 1.807) is 0 Å². The highest BCUT2D eigenvalue weighted by atomic mass is 16.3. The Morgan fingerprint density at radius 2 is 0.653 bits per heavy atom. The molecule has 5 heteroatoms. The van der Waals surface area contributed by atoms with E-state index in [4.69, 9.17) is 0 Å². The predicted octanol–water partition coefficient (Wildman–Crippen LogP) is 9.57. The molecule has 5 N–H and O–H groups in total. The third-order valence-electron chi connectivity index (χ3n) is 10.1. The van der Waals surface area contributed by atoms with Crippen molar-refractivity contribution < 1.29 is 25.5 Å². The van der Waals surface area contributed by atoms with Crippen LogP contribution in [0.4, 0.5) is 0 Å². The van der Waals surface area contributed by atoms with Crippen LogP contribution >= 0.6 is 0 Å². The first-order chi connectivity index (χ1) is 23.0. The molecule has 0 saturated heterocycles. The zero-order chi connectivity index (χ0) is 35.5. The lowest BCUT2D eigenvalue weighted by molar-refractivity contribution is 0.447. The maximum Gasteiger partial charge on any atom is 0.122 e.